The second-order valence-corrected chi connectivity index (χ2v) is 9.39. The van der Waals surface area contributed by atoms with Crippen LogP contribution in [0.25, 0.3) is 11.0 Å². The molecule has 0 aliphatic carbocycles. The molecule has 0 saturated heterocycles. The van der Waals surface area contributed by atoms with Crippen LogP contribution in [0.3, 0.4) is 0 Å². The van der Waals surface area contributed by atoms with E-state index in [2.05, 4.69) is 39.8 Å². The lowest BCUT2D eigenvalue weighted by Crippen LogP contribution is -2.11. The molecule has 194 valence electrons. The average Bonchev–Trinajstić information content (AvgIpc) is 2.83. The highest BCUT2D eigenvalue weighted by atomic mass is 16.5. The number of para-hydroxylation sites is 1. The van der Waals surface area contributed by atoms with Gasteiger partial charge in [-0.15, -0.1) is 0 Å². The number of allylic oxidation sites excluding steroid dienone is 3. The molecule has 0 saturated carbocycles. The monoisotopic (exact) mass is 484 g/mol. The van der Waals surface area contributed by atoms with E-state index in [1.807, 2.05) is 12.1 Å². The summed E-state index contributed by atoms with van der Waals surface area (Å²) in [6, 6.07) is 5.53. The van der Waals surface area contributed by atoms with Gasteiger partial charge in [0.15, 0.2) is 17.1 Å². The molecule has 0 radical (unpaired) electrons. The molecule has 0 unspecified atom stereocenters. The number of methoxy groups -OCH3 is 1. The third-order valence-electron chi connectivity index (χ3n) is 6.02. The molecule has 1 aromatic heterocycles. The van der Waals surface area contributed by atoms with Crippen molar-refractivity contribution in [3.8, 4) is 17.2 Å². The number of unbranched alkanes of at least 4 members (excludes halogenated alkanes) is 7. The number of fused-ring (bicyclic) bond motifs is 1. The van der Waals surface area contributed by atoms with Gasteiger partial charge in [0.25, 0.3) is 0 Å². The van der Waals surface area contributed by atoms with E-state index in [9.17, 15) is 4.79 Å². The quantitative estimate of drug-likeness (QED) is 0.128. The van der Waals surface area contributed by atoms with E-state index in [-0.39, 0.29) is 5.75 Å². The van der Waals surface area contributed by atoms with Crippen molar-refractivity contribution in [1.29, 1.82) is 0 Å². The van der Waals surface area contributed by atoms with Gasteiger partial charge in [0.2, 0.25) is 5.75 Å². The number of ether oxygens (including phenoxy) is 3. The second kappa shape index (κ2) is 16.1. The molecule has 0 atom stereocenters. The zero-order chi connectivity index (χ0) is 25.5. The Bertz CT molecular complexity index is 1010. The summed E-state index contributed by atoms with van der Waals surface area (Å²) < 4.78 is 23.0. The molecule has 0 amide bonds. The molecule has 2 rings (SSSR count). The fourth-order valence-electron chi connectivity index (χ4n) is 3.97. The summed E-state index contributed by atoms with van der Waals surface area (Å²) in [7, 11) is 1.55. The fraction of sp³-hybridized carbons (Fsp3) is 0.567. The molecule has 0 aliphatic heterocycles. The second-order valence-electron chi connectivity index (χ2n) is 9.39. The van der Waals surface area contributed by atoms with E-state index in [0.29, 0.717) is 35.7 Å². The van der Waals surface area contributed by atoms with Gasteiger partial charge in [-0.1, -0.05) is 75.2 Å². The van der Waals surface area contributed by atoms with Crippen molar-refractivity contribution in [1.82, 2.24) is 0 Å². The van der Waals surface area contributed by atoms with Gasteiger partial charge in [0.05, 0.1) is 19.1 Å². The van der Waals surface area contributed by atoms with Crippen LogP contribution < -0.4 is 19.8 Å². The first-order valence-corrected chi connectivity index (χ1v) is 13.2. The van der Waals surface area contributed by atoms with Crippen LogP contribution in [-0.2, 0) is 0 Å². The third-order valence-corrected chi connectivity index (χ3v) is 6.02. The van der Waals surface area contributed by atoms with Crippen molar-refractivity contribution < 1.29 is 18.6 Å². The van der Waals surface area contributed by atoms with Crippen LogP contribution in [0.15, 0.2) is 50.7 Å². The lowest BCUT2D eigenvalue weighted by Gasteiger charge is -2.13. The van der Waals surface area contributed by atoms with Crippen molar-refractivity contribution >= 4 is 11.0 Å². The molecule has 2 aromatic rings. The maximum absolute atomic E-state index is 12.7. The Kier molecular flexibility index (Phi) is 13.1. The van der Waals surface area contributed by atoms with Crippen molar-refractivity contribution in [2.24, 2.45) is 0 Å². The summed E-state index contributed by atoms with van der Waals surface area (Å²) >= 11 is 0. The Hall–Kier alpha value is -2.69. The lowest BCUT2D eigenvalue weighted by molar-refractivity contribution is 0.271. The minimum atomic E-state index is -0.543. The SMILES string of the molecule is CCCCCCCCCCOc1c(OC)c2cccc(OCC=C(C)CCC=C(C)C)c2oc1=O. The van der Waals surface area contributed by atoms with E-state index in [4.69, 9.17) is 18.6 Å². The number of benzene rings is 1. The maximum atomic E-state index is 12.7. The first kappa shape index (κ1) is 28.5. The van der Waals surface area contributed by atoms with Crippen molar-refractivity contribution in [3.63, 3.8) is 0 Å². The van der Waals surface area contributed by atoms with Crippen LogP contribution in [0, 0.1) is 0 Å². The first-order chi connectivity index (χ1) is 17.0. The molecule has 0 fully saturated rings. The predicted molar refractivity (Wildman–Crippen MR) is 145 cm³/mol. The molecule has 5 nitrogen and oxygen atoms in total. The minimum Gasteiger partial charge on any atom is -0.492 e. The van der Waals surface area contributed by atoms with Crippen molar-refractivity contribution in [2.75, 3.05) is 20.3 Å². The van der Waals surface area contributed by atoms with Crippen molar-refractivity contribution in [2.45, 2.75) is 91.9 Å². The Labute approximate surface area is 211 Å². The number of hydrogen-bond acceptors (Lipinski definition) is 5. The Morgan fingerprint density at radius 1 is 0.914 bits per heavy atom. The Morgan fingerprint density at radius 2 is 1.63 bits per heavy atom. The molecule has 5 heteroatoms. The van der Waals surface area contributed by atoms with E-state index < -0.39 is 5.63 Å². The molecule has 0 spiro atoms. The van der Waals surface area contributed by atoms with Gasteiger partial charge < -0.3 is 18.6 Å². The summed E-state index contributed by atoms with van der Waals surface area (Å²) in [5.74, 6) is 1.05. The highest BCUT2D eigenvalue weighted by Gasteiger charge is 2.19. The topological polar surface area (TPSA) is 57.9 Å². The number of rotatable bonds is 17. The summed E-state index contributed by atoms with van der Waals surface area (Å²) in [5.41, 5.74) is 2.43. The van der Waals surface area contributed by atoms with Gasteiger partial charge in [-0.25, -0.2) is 4.79 Å². The molecular weight excluding hydrogens is 440 g/mol. The van der Waals surface area contributed by atoms with Crippen LogP contribution in [0.1, 0.15) is 91.9 Å². The molecule has 0 aliphatic rings. The van der Waals surface area contributed by atoms with Gasteiger partial charge in [0.1, 0.15) is 6.61 Å². The summed E-state index contributed by atoms with van der Waals surface area (Å²) in [5, 5.41) is 0.666. The molecular formula is C30H44O5. The highest BCUT2D eigenvalue weighted by molar-refractivity contribution is 5.89. The lowest BCUT2D eigenvalue weighted by atomic mass is 10.1. The smallest absolute Gasteiger partial charge is 0.383 e. The van der Waals surface area contributed by atoms with Crippen LogP contribution >= 0.6 is 0 Å². The summed E-state index contributed by atoms with van der Waals surface area (Å²) in [4.78, 5) is 12.7. The summed E-state index contributed by atoms with van der Waals surface area (Å²) in [6.45, 7) is 9.42. The van der Waals surface area contributed by atoms with Gasteiger partial charge in [0, 0.05) is 0 Å². The zero-order valence-corrected chi connectivity index (χ0v) is 22.4. The zero-order valence-electron chi connectivity index (χ0n) is 22.4. The van der Waals surface area contributed by atoms with Crippen molar-refractivity contribution in [3.05, 3.63) is 51.9 Å². The average molecular weight is 485 g/mol. The van der Waals surface area contributed by atoms with Crippen LogP contribution in [0.4, 0.5) is 0 Å². The first-order valence-electron chi connectivity index (χ1n) is 13.2. The summed E-state index contributed by atoms with van der Waals surface area (Å²) in [6.07, 6.45) is 16.0. The van der Waals surface area contributed by atoms with E-state index in [1.165, 1.54) is 49.7 Å². The number of hydrogen-bond donors (Lipinski definition) is 0. The predicted octanol–water partition coefficient (Wildman–Crippen LogP) is 8.39. The molecule has 0 bridgehead atoms. The van der Waals surface area contributed by atoms with Crippen LogP contribution in [-0.4, -0.2) is 20.3 Å². The highest BCUT2D eigenvalue weighted by Crippen LogP contribution is 2.36. The fourth-order valence-corrected chi connectivity index (χ4v) is 3.97. The largest absolute Gasteiger partial charge is 0.492 e. The maximum Gasteiger partial charge on any atom is 0.383 e. The van der Waals surface area contributed by atoms with Gasteiger partial charge in [-0.05, 0) is 58.2 Å². The molecule has 0 N–H and O–H groups in total. The normalized spacial score (nSPS) is 11.5. The Balaban J connectivity index is 1.99. The van der Waals surface area contributed by atoms with Gasteiger partial charge in [-0.3, -0.25) is 0 Å². The molecule has 35 heavy (non-hydrogen) atoms. The Morgan fingerprint density at radius 3 is 2.31 bits per heavy atom. The third kappa shape index (κ3) is 9.83. The standard InChI is InChI=1S/C30H44O5/c1-6-7-8-9-10-11-12-13-21-34-29-28(32-5)25-18-15-19-26(27(25)35-30(29)31)33-22-20-24(4)17-14-16-23(2)3/h15-16,18-20H,6-14,17,21-22H2,1-5H3. The minimum absolute atomic E-state index is 0.134. The van der Waals surface area contributed by atoms with Gasteiger partial charge >= 0.3 is 5.63 Å². The van der Waals surface area contributed by atoms with Gasteiger partial charge in [-0.2, -0.15) is 0 Å². The molecule has 1 heterocycles. The van der Waals surface area contributed by atoms with E-state index >= 15 is 0 Å². The van der Waals surface area contributed by atoms with Crippen LogP contribution in [0.5, 0.6) is 17.2 Å². The van der Waals surface area contributed by atoms with E-state index in [0.717, 1.165) is 25.7 Å². The molecule has 1 aromatic carbocycles. The van der Waals surface area contributed by atoms with E-state index in [1.54, 1.807) is 13.2 Å². The van der Waals surface area contributed by atoms with Crippen LogP contribution in [0.2, 0.25) is 0 Å².